The van der Waals surface area contributed by atoms with Crippen LogP contribution in [0.5, 0.6) is 11.5 Å². The van der Waals surface area contributed by atoms with E-state index < -0.39 is 10.0 Å². The van der Waals surface area contributed by atoms with Crippen molar-refractivity contribution >= 4 is 21.8 Å². The van der Waals surface area contributed by atoms with Crippen molar-refractivity contribution in [3.63, 3.8) is 0 Å². The fourth-order valence-corrected chi connectivity index (χ4v) is 4.29. The van der Waals surface area contributed by atoms with Crippen LogP contribution in [0.25, 0.3) is 0 Å². The molecule has 8 nitrogen and oxygen atoms in total. The zero-order chi connectivity index (χ0) is 21.0. The third-order valence-electron chi connectivity index (χ3n) is 4.56. The summed E-state index contributed by atoms with van der Waals surface area (Å²) in [5.41, 5.74) is 1.39. The summed E-state index contributed by atoms with van der Waals surface area (Å²) in [5, 5.41) is 2.90. The van der Waals surface area contributed by atoms with Gasteiger partial charge in [-0.3, -0.25) is 14.5 Å². The van der Waals surface area contributed by atoms with E-state index >= 15 is 0 Å². The van der Waals surface area contributed by atoms with E-state index in [2.05, 4.69) is 15.0 Å². The Morgan fingerprint density at radius 2 is 1.86 bits per heavy atom. The van der Waals surface area contributed by atoms with Gasteiger partial charge in [-0.25, -0.2) is 8.42 Å². The van der Waals surface area contributed by atoms with E-state index in [1.54, 1.807) is 38.5 Å². The molecule has 0 bridgehead atoms. The van der Waals surface area contributed by atoms with Gasteiger partial charge in [-0.05, 0) is 36.8 Å². The van der Waals surface area contributed by atoms with Crippen molar-refractivity contribution in [2.24, 2.45) is 4.99 Å². The van der Waals surface area contributed by atoms with E-state index in [9.17, 15) is 13.2 Å². The van der Waals surface area contributed by atoms with Crippen molar-refractivity contribution < 1.29 is 22.7 Å². The highest BCUT2D eigenvalue weighted by molar-refractivity contribution is 7.90. The minimum Gasteiger partial charge on any atom is -0.493 e. The van der Waals surface area contributed by atoms with Crippen LogP contribution in [0, 0.1) is 0 Å². The first-order valence-electron chi connectivity index (χ1n) is 9.03. The first kappa shape index (κ1) is 20.7. The smallest absolute Gasteiger partial charge is 0.263 e. The summed E-state index contributed by atoms with van der Waals surface area (Å²) in [4.78, 5) is 16.7. The maximum absolute atomic E-state index is 12.3. The summed E-state index contributed by atoms with van der Waals surface area (Å²) >= 11 is 0. The number of nitrogens with one attached hydrogen (secondary N) is 2. The Morgan fingerprint density at radius 1 is 1.14 bits per heavy atom. The summed E-state index contributed by atoms with van der Waals surface area (Å²) in [6.45, 7) is 2.03. The number of benzene rings is 2. The summed E-state index contributed by atoms with van der Waals surface area (Å²) < 4.78 is 37.1. The maximum atomic E-state index is 12.3. The third kappa shape index (κ3) is 4.51. The lowest BCUT2D eigenvalue weighted by molar-refractivity contribution is -0.121. The highest BCUT2D eigenvalue weighted by Crippen LogP contribution is 2.29. The molecule has 9 heteroatoms. The largest absolute Gasteiger partial charge is 0.493 e. The molecule has 154 valence electrons. The minimum absolute atomic E-state index is 0.130. The Labute approximate surface area is 170 Å². The lowest BCUT2D eigenvalue weighted by Crippen LogP contribution is -2.27. The van der Waals surface area contributed by atoms with Crippen LogP contribution in [0.1, 0.15) is 30.5 Å². The molecule has 0 fully saturated rings. The number of carbonyl (C=O) groups excluding carboxylic acids is 1. The monoisotopic (exact) mass is 417 g/mol. The van der Waals surface area contributed by atoms with Crippen LogP contribution >= 0.6 is 0 Å². The summed E-state index contributed by atoms with van der Waals surface area (Å²) in [5.74, 6) is 1.28. The Morgan fingerprint density at radius 3 is 2.59 bits per heavy atom. The number of amidine groups is 1. The number of hydrogen-bond donors (Lipinski definition) is 2. The molecule has 0 aromatic heterocycles. The molecule has 0 radical (unpaired) electrons. The van der Waals surface area contributed by atoms with E-state index in [-0.39, 0.29) is 35.6 Å². The molecule has 1 aliphatic rings. The van der Waals surface area contributed by atoms with E-state index in [0.717, 1.165) is 5.56 Å². The van der Waals surface area contributed by atoms with Crippen molar-refractivity contribution in [1.82, 2.24) is 10.0 Å². The van der Waals surface area contributed by atoms with Crippen molar-refractivity contribution in [2.45, 2.75) is 24.3 Å². The highest BCUT2D eigenvalue weighted by atomic mass is 32.2. The van der Waals surface area contributed by atoms with Gasteiger partial charge >= 0.3 is 0 Å². The lowest BCUT2D eigenvalue weighted by atomic mass is 10.1. The molecule has 2 aromatic carbocycles. The van der Waals surface area contributed by atoms with Crippen LogP contribution in [-0.4, -0.2) is 40.9 Å². The summed E-state index contributed by atoms with van der Waals surface area (Å²) in [6.07, 6.45) is 0.130. The number of rotatable bonds is 7. The van der Waals surface area contributed by atoms with Crippen LogP contribution in [-0.2, 0) is 14.8 Å². The number of sulfonamides is 1. The average molecular weight is 417 g/mol. The topological polar surface area (TPSA) is 106 Å². The average Bonchev–Trinajstić information content (AvgIpc) is 2.98. The number of methoxy groups -OCH3 is 2. The molecule has 0 saturated heterocycles. The number of carbonyl (C=O) groups is 1. The van der Waals surface area contributed by atoms with Gasteiger partial charge < -0.3 is 14.8 Å². The molecule has 2 N–H and O–H groups in total. The van der Waals surface area contributed by atoms with Gasteiger partial charge in [0.15, 0.2) is 11.5 Å². The van der Waals surface area contributed by atoms with Gasteiger partial charge in [-0.15, -0.1) is 0 Å². The summed E-state index contributed by atoms with van der Waals surface area (Å²) in [7, 11) is -0.459. The molecule has 29 heavy (non-hydrogen) atoms. The number of ether oxygens (including phenoxy) is 2. The van der Waals surface area contributed by atoms with Gasteiger partial charge in [0, 0.05) is 12.0 Å². The van der Waals surface area contributed by atoms with Crippen LogP contribution in [0.4, 0.5) is 0 Å². The first-order chi connectivity index (χ1) is 13.9. The van der Waals surface area contributed by atoms with Crippen LogP contribution in [0.3, 0.4) is 0 Å². The number of nitrogens with zero attached hydrogens (tertiary/aromatic N) is 1. The molecule has 1 amide bonds. The molecule has 1 atom stereocenters. The van der Waals surface area contributed by atoms with E-state index in [1.165, 1.54) is 6.07 Å². The maximum Gasteiger partial charge on any atom is 0.263 e. The van der Waals surface area contributed by atoms with Gasteiger partial charge in [-0.2, -0.15) is 0 Å². The second kappa shape index (κ2) is 8.52. The number of aliphatic imine (C=N–C) groups is 1. The molecule has 0 saturated carbocycles. The van der Waals surface area contributed by atoms with Gasteiger partial charge in [-0.1, -0.05) is 18.2 Å². The fourth-order valence-electron chi connectivity index (χ4n) is 3.04. The fraction of sp³-hybridized carbons (Fsp3) is 0.300. The van der Waals surface area contributed by atoms with Gasteiger partial charge in [0.25, 0.3) is 10.0 Å². The Bertz CT molecular complexity index is 1050. The zero-order valence-corrected chi connectivity index (χ0v) is 17.2. The zero-order valence-electron chi connectivity index (χ0n) is 16.4. The quantitative estimate of drug-likeness (QED) is 0.717. The normalized spacial score (nSPS) is 16.6. The van der Waals surface area contributed by atoms with Crippen LogP contribution < -0.4 is 19.5 Å². The minimum atomic E-state index is -3.58. The Hall–Kier alpha value is -3.07. The molecule has 1 aliphatic heterocycles. The van der Waals surface area contributed by atoms with E-state index in [4.69, 9.17) is 9.47 Å². The Kier molecular flexibility index (Phi) is 6.07. The SMILES string of the molecule is COc1ccc(C(C)NC(=O)CCN=C2NS(=O)(=O)c3ccccc32)cc1OC. The molecular formula is C20H23N3O5S. The van der Waals surface area contributed by atoms with E-state index in [1.807, 2.05) is 19.1 Å². The first-order valence-corrected chi connectivity index (χ1v) is 10.5. The number of amides is 1. The molecule has 1 heterocycles. The molecular weight excluding hydrogens is 394 g/mol. The van der Waals surface area contributed by atoms with Crippen molar-refractivity contribution in [3.05, 3.63) is 53.6 Å². The number of fused-ring (bicyclic) bond motifs is 1. The molecule has 1 unspecified atom stereocenters. The third-order valence-corrected chi connectivity index (χ3v) is 5.95. The van der Waals surface area contributed by atoms with Crippen molar-refractivity contribution in [2.75, 3.05) is 20.8 Å². The van der Waals surface area contributed by atoms with E-state index in [0.29, 0.717) is 17.1 Å². The van der Waals surface area contributed by atoms with Crippen molar-refractivity contribution in [3.8, 4) is 11.5 Å². The highest BCUT2D eigenvalue weighted by Gasteiger charge is 2.29. The van der Waals surface area contributed by atoms with Gasteiger partial charge in [0.05, 0.1) is 31.7 Å². The predicted molar refractivity (Wildman–Crippen MR) is 109 cm³/mol. The second-order valence-electron chi connectivity index (χ2n) is 6.49. The van der Waals surface area contributed by atoms with Crippen LogP contribution in [0.2, 0.25) is 0 Å². The summed E-state index contributed by atoms with van der Waals surface area (Å²) in [6, 6.07) is 11.8. The van der Waals surface area contributed by atoms with Crippen molar-refractivity contribution in [1.29, 1.82) is 0 Å². The Balaban J connectivity index is 1.60. The molecule has 0 aliphatic carbocycles. The van der Waals surface area contributed by atoms with Crippen LogP contribution in [0.15, 0.2) is 52.4 Å². The second-order valence-corrected chi connectivity index (χ2v) is 8.14. The van der Waals surface area contributed by atoms with Gasteiger partial charge in [0.1, 0.15) is 5.84 Å². The molecule has 0 spiro atoms. The molecule has 2 aromatic rings. The standard InChI is InChI=1S/C20H23N3O5S/c1-13(14-8-9-16(27-2)17(12-14)28-3)22-19(24)10-11-21-20-15-6-4-5-7-18(15)29(25,26)23-20/h4-9,12-13H,10-11H2,1-3H3,(H,21,23)(H,22,24). The van der Waals surface area contributed by atoms with Gasteiger partial charge in [0.2, 0.25) is 5.91 Å². The molecule has 3 rings (SSSR count). The number of hydrogen-bond acceptors (Lipinski definition) is 6. The lowest BCUT2D eigenvalue weighted by Gasteiger charge is -2.16. The predicted octanol–water partition coefficient (Wildman–Crippen LogP) is 2.01.